The fourth-order valence-corrected chi connectivity index (χ4v) is 4.84. The van der Waals surface area contributed by atoms with Crippen LogP contribution in [0.2, 0.25) is 0 Å². The summed E-state index contributed by atoms with van der Waals surface area (Å²) in [7, 11) is 2.91. The molecule has 0 radical (unpaired) electrons. The lowest BCUT2D eigenvalue weighted by Gasteiger charge is -2.15. The molecular formula is C26H18N4O6. The lowest BCUT2D eigenvalue weighted by molar-refractivity contribution is -0.384. The summed E-state index contributed by atoms with van der Waals surface area (Å²) in [4.78, 5) is 41.5. The van der Waals surface area contributed by atoms with Crippen LogP contribution in [0.15, 0.2) is 74.7 Å². The van der Waals surface area contributed by atoms with Crippen LogP contribution in [0.5, 0.6) is 0 Å². The average Bonchev–Trinajstić information content (AvgIpc) is 3.49. The van der Waals surface area contributed by atoms with E-state index in [1.807, 2.05) is 12.1 Å². The quantitative estimate of drug-likeness (QED) is 0.307. The van der Waals surface area contributed by atoms with E-state index in [-0.39, 0.29) is 22.5 Å². The average molecular weight is 482 g/mol. The summed E-state index contributed by atoms with van der Waals surface area (Å²) in [5, 5.41) is 22.7. The zero-order valence-electron chi connectivity index (χ0n) is 19.1. The molecule has 36 heavy (non-hydrogen) atoms. The van der Waals surface area contributed by atoms with E-state index >= 15 is 0 Å². The minimum Gasteiger partial charge on any atom is -0.456 e. The standard InChI is InChI=1S/C26H18N4O6/c1-28-24-21(25(32)29(2)26(28)33)19(20-22(27-24)15-8-3-4-9-16(15)23(20)31)18-11-10-17(36-18)13-6-5-7-14(12-13)30(34)35/h3-12,23,31H,1-2H3/t23-/m0/s1. The van der Waals surface area contributed by atoms with Crippen molar-refractivity contribution < 1.29 is 14.4 Å². The molecule has 1 aliphatic rings. The molecule has 10 heteroatoms. The Morgan fingerprint density at radius 1 is 1.00 bits per heavy atom. The molecule has 10 nitrogen and oxygen atoms in total. The number of pyridine rings is 1. The van der Waals surface area contributed by atoms with E-state index < -0.39 is 22.3 Å². The molecular weight excluding hydrogens is 464 g/mol. The Morgan fingerprint density at radius 2 is 1.75 bits per heavy atom. The maximum Gasteiger partial charge on any atom is 0.332 e. The van der Waals surface area contributed by atoms with Crippen LogP contribution in [0.3, 0.4) is 0 Å². The number of nitrogens with zero attached hydrogens (tertiary/aromatic N) is 4. The van der Waals surface area contributed by atoms with E-state index in [0.717, 1.165) is 4.57 Å². The topological polar surface area (TPSA) is 133 Å². The number of benzene rings is 2. The number of hydrogen-bond acceptors (Lipinski definition) is 7. The highest BCUT2D eigenvalue weighted by Crippen LogP contribution is 2.48. The number of furan rings is 1. The van der Waals surface area contributed by atoms with Gasteiger partial charge in [-0.05, 0) is 17.7 Å². The molecule has 2 aromatic carbocycles. The SMILES string of the molecule is Cn1c(=O)c2c(-c3ccc(-c4cccc([N+](=O)[O-])c4)o3)c3c(nc2n(C)c1=O)-c1ccccc1[C@@H]3O. The van der Waals surface area contributed by atoms with Crippen molar-refractivity contribution in [2.24, 2.45) is 14.1 Å². The third-order valence-electron chi connectivity index (χ3n) is 6.60. The van der Waals surface area contributed by atoms with Crippen LogP contribution in [-0.4, -0.2) is 24.1 Å². The number of rotatable bonds is 3. The fraction of sp³-hybridized carbons (Fsp3) is 0.115. The molecule has 1 aliphatic carbocycles. The molecule has 5 aromatic rings. The third kappa shape index (κ3) is 2.91. The molecule has 1 N–H and O–H groups in total. The van der Waals surface area contributed by atoms with Crippen LogP contribution in [0.4, 0.5) is 5.69 Å². The highest BCUT2D eigenvalue weighted by atomic mass is 16.6. The summed E-state index contributed by atoms with van der Waals surface area (Å²) in [5.41, 5.74) is 1.96. The summed E-state index contributed by atoms with van der Waals surface area (Å²) < 4.78 is 8.41. The maximum atomic E-state index is 13.4. The van der Waals surface area contributed by atoms with E-state index in [2.05, 4.69) is 4.98 Å². The Kier molecular flexibility index (Phi) is 4.57. The van der Waals surface area contributed by atoms with Gasteiger partial charge in [-0.2, -0.15) is 0 Å². The van der Waals surface area contributed by atoms with Crippen molar-refractivity contribution in [3.05, 3.63) is 103 Å². The first-order chi connectivity index (χ1) is 17.3. The van der Waals surface area contributed by atoms with E-state index in [1.165, 1.54) is 30.8 Å². The second kappa shape index (κ2) is 7.59. The number of nitro groups is 1. The van der Waals surface area contributed by atoms with Gasteiger partial charge in [-0.15, -0.1) is 0 Å². The Labute approximate surface area is 202 Å². The zero-order chi connectivity index (χ0) is 25.3. The van der Waals surface area contributed by atoms with Gasteiger partial charge >= 0.3 is 5.69 Å². The van der Waals surface area contributed by atoms with Crippen molar-refractivity contribution in [3.63, 3.8) is 0 Å². The van der Waals surface area contributed by atoms with Crippen molar-refractivity contribution in [1.82, 2.24) is 14.1 Å². The molecule has 0 saturated carbocycles. The number of aryl methyl sites for hydroxylation is 1. The van der Waals surface area contributed by atoms with Crippen molar-refractivity contribution in [2.75, 3.05) is 0 Å². The van der Waals surface area contributed by atoms with Crippen LogP contribution in [0, 0.1) is 10.1 Å². The van der Waals surface area contributed by atoms with Gasteiger partial charge in [0.15, 0.2) is 5.65 Å². The minimum atomic E-state index is -1.07. The summed E-state index contributed by atoms with van der Waals surface area (Å²) >= 11 is 0. The zero-order valence-corrected chi connectivity index (χ0v) is 19.1. The summed E-state index contributed by atoms with van der Waals surface area (Å²) in [6, 6.07) is 16.5. The van der Waals surface area contributed by atoms with Gasteiger partial charge in [0.05, 0.1) is 16.0 Å². The number of non-ortho nitro benzene ring substituents is 1. The predicted molar refractivity (Wildman–Crippen MR) is 132 cm³/mol. The molecule has 178 valence electrons. The number of fused-ring (bicyclic) bond motifs is 4. The Hall–Kier alpha value is -4.83. The third-order valence-corrected chi connectivity index (χ3v) is 6.60. The van der Waals surface area contributed by atoms with E-state index in [4.69, 9.17) is 4.42 Å². The molecule has 0 spiro atoms. The summed E-state index contributed by atoms with van der Waals surface area (Å²) in [6.07, 6.45) is -1.07. The highest BCUT2D eigenvalue weighted by Gasteiger charge is 2.35. The van der Waals surface area contributed by atoms with Crippen molar-refractivity contribution in [1.29, 1.82) is 0 Å². The van der Waals surface area contributed by atoms with Crippen LogP contribution in [-0.2, 0) is 14.1 Å². The molecule has 0 fully saturated rings. The second-order valence-electron chi connectivity index (χ2n) is 8.61. The van der Waals surface area contributed by atoms with Gasteiger partial charge in [0.2, 0.25) is 0 Å². The lowest BCUT2D eigenvalue weighted by Crippen LogP contribution is -2.37. The first-order valence-corrected chi connectivity index (χ1v) is 11.0. The molecule has 0 unspecified atom stereocenters. The smallest absolute Gasteiger partial charge is 0.332 e. The van der Waals surface area contributed by atoms with E-state index in [1.54, 1.807) is 36.4 Å². The summed E-state index contributed by atoms with van der Waals surface area (Å²) in [5.74, 6) is 0.613. The van der Waals surface area contributed by atoms with Crippen molar-refractivity contribution in [3.8, 4) is 33.9 Å². The lowest BCUT2D eigenvalue weighted by atomic mass is 9.98. The van der Waals surface area contributed by atoms with Crippen molar-refractivity contribution in [2.45, 2.75) is 6.10 Å². The van der Waals surface area contributed by atoms with E-state index in [9.17, 15) is 24.8 Å². The highest BCUT2D eigenvalue weighted by molar-refractivity contribution is 5.98. The molecule has 1 atom stereocenters. The number of hydrogen-bond donors (Lipinski definition) is 1. The number of aliphatic hydroxyl groups excluding tert-OH is 1. The number of aliphatic hydroxyl groups is 1. The number of nitro benzene ring substituents is 1. The molecule has 3 aromatic heterocycles. The molecule has 3 heterocycles. The van der Waals surface area contributed by atoms with Crippen LogP contribution in [0.25, 0.3) is 44.9 Å². The van der Waals surface area contributed by atoms with Gasteiger partial charge in [0.1, 0.15) is 17.6 Å². The van der Waals surface area contributed by atoms with Crippen LogP contribution in [0.1, 0.15) is 17.2 Å². The monoisotopic (exact) mass is 482 g/mol. The van der Waals surface area contributed by atoms with Gasteiger partial charge in [0.25, 0.3) is 11.2 Å². The number of aromatic nitrogens is 3. The van der Waals surface area contributed by atoms with Gasteiger partial charge in [-0.3, -0.25) is 24.0 Å². The molecule has 0 bridgehead atoms. The Morgan fingerprint density at radius 3 is 2.53 bits per heavy atom. The first kappa shape index (κ1) is 21.7. The molecule has 6 rings (SSSR count). The van der Waals surface area contributed by atoms with Gasteiger partial charge < -0.3 is 9.52 Å². The van der Waals surface area contributed by atoms with Crippen LogP contribution < -0.4 is 11.2 Å². The van der Waals surface area contributed by atoms with Gasteiger partial charge in [-0.1, -0.05) is 36.4 Å². The summed E-state index contributed by atoms with van der Waals surface area (Å²) in [6.45, 7) is 0. The normalized spacial score (nSPS) is 14.1. The Bertz CT molecular complexity index is 1860. The van der Waals surface area contributed by atoms with E-state index in [0.29, 0.717) is 39.3 Å². The van der Waals surface area contributed by atoms with Gasteiger partial charge in [-0.25, -0.2) is 9.78 Å². The Balaban J connectivity index is 1.70. The molecule has 0 saturated heterocycles. The van der Waals surface area contributed by atoms with Gasteiger partial charge in [0, 0.05) is 48.5 Å². The fourth-order valence-electron chi connectivity index (χ4n) is 4.84. The second-order valence-corrected chi connectivity index (χ2v) is 8.61. The van der Waals surface area contributed by atoms with Crippen molar-refractivity contribution >= 4 is 16.7 Å². The predicted octanol–water partition coefficient (Wildman–Crippen LogP) is 3.53. The largest absolute Gasteiger partial charge is 0.456 e. The molecule has 0 amide bonds. The molecule has 0 aliphatic heterocycles. The maximum absolute atomic E-state index is 13.4. The van der Waals surface area contributed by atoms with Crippen LogP contribution >= 0.6 is 0 Å². The first-order valence-electron chi connectivity index (χ1n) is 11.0. The minimum absolute atomic E-state index is 0.0876.